The van der Waals surface area contributed by atoms with Gasteiger partial charge in [-0.1, -0.05) is 6.07 Å². The van der Waals surface area contributed by atoms with Crippen molar-refractivity contribution in [3.8, 4) is 5.75 Å². The molecule has 1 heterocycles. The lowest BCUT2D eigenvalue weighted by Crippen LogP contribution is -2.30. The predicted molar refractivity (Wildman–Crippen MR) is 83.1 cm³/mol. The molecule has 0 saturated carbocycles. The maximum atomic E-state index is 12.5. The number of aromatic nitrogens is 2. The number of ether oxygens (including phenoxy) is 1. The molecule has 0 aliphatic carbocycles. The first-order valence-corrected chi connectivity index (χ1v) is 7.12. The van der Waals surface area contributed by atoms with Gasteiger partial charge in [0.05, 0.1) is 5.69 Å². The molecule has 0 saturated heterocycles. The van der Waals surface area contributed by atoms with Crippen molar-refractivity contribution in [3.63, 3.8) is 0 Å². The van der Waals surface area contributed by atoms with Crippen molar-refractivity contribution in [2.45, 2.75) is 47.6 Å². The zero-order valence-corrected chi connectivity index (χ0v) is 13.5. The fourth-order valence-electron chi connectivity index (χ4n) is 2.15. The average molecular weight is 286 g/mol. The molecule has 0 spiro atoms. The molecule has 1 aromatic carbocycles. The van der Waals surface area contributed by atoms with Gasteiger partial charge in [0.15, 0.2) is 6.10 Å². The molecular formula is C17H22N2O2. The molecule has 2 aromatic rings. The first-order valence-electron chi connectivity index (χ1n) is 7.12. The highest BCUT2D eigenvalue weighted by molar-refractivity contribution is 5.83. The van der Waals surface area contributed by atoms with Gasteiger partial charge in [-0.25, -0.2) is 4.68 Å². The Morgan fingerprint density at radius 3 is 2.33 bits per heavy atom. The Morgan fingerprint density at radius 1 is 1.14 bits per heavy atom. The van der Waals surface area contributed by atoms with Gasteiger partial charge in [-0.2, -0.15) is 5.10 Å². The van der Waals surface area contributed by atoms with Gasteiger partial charge in [0.25, 0.3) is 5.91 Å². The minimum absolute atomic E-state index is 0.151. The Kier molecular flexibility index (Phi) is 4.16. The van der Waals surface area contributed by atoms with E-state index in [9.17, 15) is 4.79 Å². The molecule has 0 fully saturated rings. The van der Waals surface area contributed by atoms with Gasteiger partial charge in [-0.05, 0) is 70.4 Å². The maximum absolute atomic E-state index is 12.5. The lowest BCUT2D eigenvalue weighted by Gasteiger charge is -2.15. The average Bonchev–Trinajstić information content (AvgIpc) is 2.69. The van der Waals surface area contributed by atoms with Crippen molar-refractivity contribution >= 4 is 5.91 Å². The summed E-state index contributed by atoms with van der Waals surface area (Å²) in [4.78, 5) is 12.5. The van der Waals surface area contributed by atoms with Crippen LogP contribution in [-0.4, -0.2) is 21.8 Å². The van der Waals surface area contributed by atoms with Crippen LogP contribution in [0.4, 0.5) is 0 Å². The number of hydrogen-bond acceptors (Lipinski definition) is 3. The SMILES string of the molecule is Cc1ccc(OC(C)C(=O)n2nc(C)c(C)c2C)cc1C. The van der Waals surface area contributed by atoms with Crippen LogP contribution in [0.25, 0.3) is 0 Å². The standard InChI is InChI=1S/C17H22N2O2/c1-10-7-8-16(9-11(10)2)21-15(6)17(20)19-14(5)12(3)13(4)18-19/h7-9,15H,1-6H3. The minimum atomic E-state index is -0.579. The van der Waals surface area contributed by atoms with Gasteiger partial charge < -0.3 is 4.74 Å². The van der Waals surface area contributed by atoms with E-state index in [4.69, 9.17) is 4.74 Å². The van der Waals surface area contributed by atoms with E-state index in [0.717, 1.165) is 22.5 Å². The largest absolute Gasteiger partial charge is 0.481 e. The van der Waals surface area contributed by atoms with Crippen molar-refractivity contribution in [2.24, 2.45) is 0 Å². The van der Waals surface area contributed by atoms with Crippen LogP contribution in [0.2, 0.25) is 0 Å². The first kappa shape index (κ1) is 15.3. The minimum Gasteiger partial charge on any atom is -0.481 e. The van der Waals surface area contributed by atoms with Gasteiger partial charge in [0, 0.05) is 5.69 Å². The Labute approximate surface area is 125 Å². The third kappa shape index (κ3) is 2.99. The van der Waals surface area contributed by atoms with Gasteiger partial charge in [0.2, 0.25) is 0 Å². The summed E-state index contributed by atoms with van der Waals surface area (Å²) in [7, 11) is 0. The summed E-state index contributed by atoms with van der Waals surface area (Å²) in [5, 5.41) is 4.29. The summed E-state index contributed by atoms with van der Waals surface area (Å²) in [6, 6.07) is 5.83. The first-order chi connectivity index (χ1) is 9.81. The van der Waals surface area contributed by atoms with E-state index < -0.39 is 6.10 Å². The second-order valence-corrected chi connectivity index (χ2v) is 5.55. The number of carbonyl (C=O) groups is 1. The quantitative estimate of drug-likeness (QED) is 0.867. The molecule has 1 aromatic heterocycles. The molecular weight excluding hydrogens is 264 g/mol. The molecule has 2 rings (SSSR count). The number of benzene rings is 1. The van der Waals surface area contributed by atoms with Crippen LogP contribution in [0, 0.1) is 34.6 Å². The summed E-state index contributed by atoms with van der Waals surface area (Å²) in [6.07, 6.45) is -0.579. The molecule has 21 heavy (non-hydrogen) atoms. The van der Waals surface area contributed by atoms with Crippen molar-refractivity contribution in [3.05, 3.63) is 46.3 Å². The number of nitrogens with zero attached hydrogens (tertiary/aromatic N) is 2. The lowest BCUT2D eigenvalue weighted by molar-refractivity contribution is 0.0707. The molecule has 0 radical (unpaired) electrons. The summed E-state index contributed by atoms with van der Waals surface area (Å²) < 4.78 is 7.20. The number of rotatable bonds is 3. The fourth-order valence-corrected chi connectivity index (χ4v) is 2.15. The van der Waals surface area contributed by atoms with Gasteiger partial charge in [-0.3, -0.25) is 4.79 Å². The highest BCUT2D eigenvalue weighted by Gasteiger charge is 2.21. The van der Waals surface area contributed by atoms with E-state index in [-0.39, 0.29) is 5.91 Å². The van der Waals surface area contributed by atoms with Crippen molar-refractivity contribution in [1.29, 1.82) is 0 Å². The molecule has 0 bridgehead atoms. The zero-order valence-electron chi connectivity index (χ0n) is 13.5. The molecule has 0 amide bonds. The molecule has 0 aliphatic rings. The molecule has 0 aliphatic heterocycles. The molecule has 112 valence electrons. The molecule has 0 N–H and O–H groups in total. The van der Waals surface area contributed by atoms with Crippen LogP contribution in [0.1, 0.15) is 39.8 Å². The second-order valence-electron chi connectivity index (χ2n) is 5.55. The van der Waals surface area contributed by atoms with E-state index in [1.54, 1.807) is 6.92 Å². The van der Waals surface area contributed by atoms with E-state index >= 15 is 0 Å². The van der Waals surface area contributed by atoms with E-state index in [0.29, 0.717) is 5.75 Å². The predicted octanol–water partition coefficient (Wildman–Crippen LogP) is 3.53. The van der Waals surface area contributed by atoms with Crippen LogP contribution >= 0.6 is 0 Å². The summed E-state index contributed by atoms with van der Waals surface area (Å²) in [5.41, 5.74) is 5.14. The zero-order chi connectivity index (χ0) is 15.7. The Balaban J connectivity index is 2.19. The van der Waals surface area contributed by atoms with Gasteiger partial charge in [-0.15, -0.1) is 0 Å². The Bertz CT molecular complexity index is 686. The molecule has 1 atom stereocenters. The van der Waals surface area contributed by atoms with E-state index in [2.05, 4.69) is 5.10 Å². The number of hydrogen-bond donors (Lipinski definition) is 0. The number of carbonyl (C=O) groups excluding carboxylic acids is 1. The highest BCUT2D eigenvalue weighted by atomic mass is 16.5. The van der Waals surface area contributed by atoms with Crippen LogP contribution in [0.15, 0.2) is 18.2 Å². The van der Waals surface area contributed by atoms with Crippen LogP contribution < -0.4 is 4.74 Å². The van der Waals surface area contributed by atoms with Crippen LogP contribution in [0.5, 0.6) is 5.75 Å². The highest BCUT2D eigenvalue weighted by Crippen LogP contribution is 2.19. The Hall–Kier alpha value is -2.10. The Morgan fingerprint density at radius 2 is 1.81 bits per heavy atom. The van der Waals surface area contributed by atoms with E-state index in [1.165, 1.54) is 10.2 Å². The molecule has 4 heteroatoms. The normalized spacial score (nSPS) is 12.3. The summed E-state index contributed by atoms with van der Waals surface area (Å²) in [6.45, 7) is 11.6. The maximum Gasteiger partial charge on any atom is 0.287 e. The number of aryl methyl sites for hydroxylation is 3. The van der Waals surface area contributed by atoms with Crippen LogP contribution in [0.3, 0.4) is 0 Å². The third-order valence-electron chi connectivity index (χ3n) is 4.00. The third-order valence-corrected chi connectivity index (χ3v) is 4.00. The van der Waals surface area contributed by atoms with E-state index in [1.807, 2.05) is 52.8 Å². The molecule has 1 unspecified atom stereocenters. The summed E-state index contributed by atoms with van der Waals surface area (Å²) >= 11 is 0. The lowest BCUT2D eigenvalue weighted by atomic mass is 10.1. The van der Waals surface area contributed by atoms with Crippen molar-refractivity contribution in [2.75, 3.05) is 0 Å². The second kappa shape index (κ2) is 5.72. The van der Waals surface area contributed by atoms with Crippen molar-refractivity contribution in [1.82, 2.24) is 9.78 Å². The topological polar surface area (TPSA) is 44.1 Å². The molecule has 4 nitrogen and oxygen atoms in total. The monoisotopic (exact) mass is 286 g/mol. The van der Waals surface area contributed by atoms with Crippen molar-refractivity contribution < 1.29 is 9.53 Å². The smallest absolute Gasteiger partial charge is 0.287 e. The fraction of sp³-hybridized carbons (Fsp3) is 0.412. The van der Waals surface area contributed by atoms with Gasteiger partial charge in [0.1, 0.15) is 5.75 Å². The van der Waals surface area contributed by atoms with Crippen LogP contribution in [-0.2, 0) is 0 Å². The van der Waals surface area contributed by atoms with Gasteiger partial charge >= 0.3 is 0 Å². The summed E-state index contributed by atoms with van der Waals surface area (Å²) in [5.74, 6) is 0.555.